The lowest BCUT2D eigenvalue weighted by molar-refractivity contribution is 0.862. The summed E-state index contributed by atoms with van der Waals surface area (Å²) in [5, 5.41) is 3.52. The van der Waals surface area contributed by atoms with E-state index in [1.807, 2.05) is 6.07 Å². The van der Waals surface area contributed by atoms with Crippen molar-refractivity contribution in [3.05, 3.63) is 51.2 Å². The fourth-order valence-corrected chi connectivity index (χ4v) is 2.93. The molecular weight excluding hydrogens is 262 g/mol. The van der Waals surface area contributed by atoms with Gasteiger partial charge >= 0.3 is 0 Å². The molecule has 1 N–H and O–H groups in total. The first kappa shape index (κ1) is 13.4. The molecule has 1 nitrogen and oxygen atoms in total. The molecule has 2 rings (SSSR count). The maximum atomic E-state index is 5.96. The summed E-state index contributed by atoms with van der Waals surface area (Å²) in [5.74, 6) is 0.554. The fourth-order valence-electron chi connectivity index (χ4n) is 1.87. The molecule has 1 unspecified atom stereocenters. The molecule has 0 bridgehead atoms. The van der Waals surface area contributed by atoms with Crippen LogP contribution in [-0.4, -0.2) is 0 Å². The molecule has 1 aromatic carbocycles. The lowest BCUT2D eigenvalue weighted by Gasteiger charge is -2.15. The zero-order valence-corrected chi connectivity index (χ0v) is 12.5. The van der Waals surface area contributed by atoms with Crippen molar-refractivity contribution < 1.29 is 0 Å². The zero-order valence-electron chi connectivity index (χ0n) is 10.9. The third-order valence-corrected chi connectivity index (χ3v) is 4.37. The normalized spacial score (nSPS) is 12.7. The Hall–Kier alpha value is -0.990. The second-order valence-electron chi connectivity index (χ2n) is 4.79. The SMILES string of the molecule is CC(C)c1cccc(NC(C)c2ccc(Cl)s2)c1. The Labute approximate surface area is 118 Å². The molecule has 96 valence electrons. The van der Waals surface area contributed by atoms with Crippen LogP contribution >= 0.6 is 22.9 Å². The van der Waals surface area contributed by atoms with Crippen LogP contribution in [0, 0.1) is 0 Å². The summed E-state index contributed by atoms with van der Waals surface area (Å²) >= 11 is 7.59. The predicted molar refractivity (Wildman–Crippen MR) is 81.9 cm³/mol. The highest BCUT2D eigenvalue weighted by molar-refractivity contribution is 7.16. The first-order chi connectivity index (χ1) is 8.56. The molecule has 0 amide bonds. The van der Waals surface area contributed by atoms with Gasteiger partial charge in [-0.05, 0) is 42.7 Å². The van der Waals surface area contributed by atoms with Crippen molar-refractivity contribution in [3.63, 3.8) is 0 Å². The van der Waals surface area contributed by atoms with Gasteiger partial charge in [-0.2, -0.15) is 0 Å². The minimum absolute atomic E-state index is 0.282. The molecule has 0 spiro atoms. The monoisotopic (exact) mass is 279 g/mol. The van der Waals surface area contributed by atoms with Crippen LogP contribution in [0.1, 0.15) is 43.2 Å². The highest BCUT2D eigenvalue weighted by Gasteiger charge is 2.08. The zero-order chi connectivity index (χ0) is 13.1. The average molecular weight is 280 g/mol. The summed E-state index contributed by atoms with van der Waals surface area (Å²) in [6.45, 7) is 6.58. The number of nitrogens with one attached hydrogen (secondary N) is 1. The van der Waals surface area contributed by atoms with Crippen molar-refractivity contribution in [1.82, 2.24) is 0 Å². The molecule has 0 aliphatic rings. The Bertz CT molecular complexity index is 519. The number of rotatable bonds is 4. The van der Waals surface area contributed by atoms with Gasteiger partial charge in [-0.1, -0.05) is 37.6 Å². The van der Waals surface area contributed by atoms with Gasteiger partial charge in [0.1, 0.15) is 0 Å². The quantitative estimate of drug-likeness (QED) is 0.757. The van der Waals surface area contributed by atoms with E-state index < -0.39 is 0 Å². The number of hydrogen-bond acceptors (Lipinski definition) is 2. The van der Waals surface area contributed by atoms with Gasteiger partial charge in [0.2, 0.25) is 0 Å². The molecule has 1 aromatic heterocycles. The van der Waals surface area contributed by atoms with E-state index in [9.17, 15) is 0 Å². The number of halogens is 1. The molecule has 0 aliphatic heterocycles. The molecule has 3 heteroatoms. The van der Waals surface area contributed by atoms with Gasteiger partial charge in [0, 0.05) is 10.6 Å². The van der Waals surface area contributed by atoms with E-state index in [0.29, 0.717) is 5.92 Å². The van der Waals surface area contributed by atoms with Gasteiger partial charge in [-0.25, -0.2) is 0 Å². The fraction of sp³-hybridized carbons (Fsp3) is 0.333. The van der Waals surface area contributed by atoms with E-state index in [2.05, 4.69) is 56.4 Å². The third kappa shape index (κ3) is 3.27. The van der Waals surface area contributed by atoms with Crippen LogP contribution in [0.4, 0.5) is 5.69 Å². The molecule has 0 saturated heterocycles. The second kappa shape index (κ2) is 5.77. The molecule has 0 aliphatic carbocycles. The molecule has 0 radical (unpaired) electrons. The largest absolute Gasteiger partial charge is 0.378 e. The second-order valence-corrected chi connectivity index (χ2v) is 6.53. The van der Waals surface area contributed by atoms with Gasteiger partial charge in [-0.3, -0.25) is 0 Å². The first-order valence-corrected chi connectivity index (χ1v) is 7.37. The Kier molecular flexibility index (Phi) is 4.31. The summed E-state index contributed by atoms with van der Waals surface area (Å²) in [7, 11) is 0. The number of hydrogen-bond donors (Lipinski definition) is 1. The standard InChI is InChI=1S/C15H18ClNS/c1-10(2)12-5-4-6-13(9-12)17-11(3)14-7-8-15(16)18-14/h4-11,17H,1-3H3. The van der Waals surface area contributed by atoms with Crippen LogP contribution in [0.25, 0.3) is 0 Å². The predicted octanol–water partition coefficient (Wildman–Crippen LogP) is 5.70. The Morgan fingerprint density at radius 2 is 1.89 bits per heavy atom. The van der Waals surface area contributed by atoms with Crippen LogP contribution in [0.5, 0.6) is 0 Å². The smallest absolute Gasteiger partial charge is 0.0932 e. The lowest BCUT2D eigenvalue weighted by Crippen LogP contribution is -2.05. The van der Waals surface area contributed by atoms with E-state index in [0.717, 1.165) is 4.34 Å². The van der Waals surface area contributed by atoms with Crippen LogP contribution in [-0.2, 0) is 0 Å². The van der Waals surface area contributed by atoms with Gasteiger partial charge in [0.15, 0.2) is 0 Å². The van der Waals surface area contributed by atoms with E-state index in [1.165, 1.54) is 16.1 Å². The molecule has 1 heterocycles. The highest BCUT2D eigenvalue weighted by atomic mass is 35.5. The number of anilines is 1. The molecule has 18 heavy (non-hydrogen) atoms. The maximum Gasteiger partial charge on any atom is 0.0932 e. The van der Waals surface area contributed by atoms with Crippen LogP contribution in [0.3, 0.4) is 0 Å². The third-order valence-electron chi connectivity index (χ3n) is 2.96. The van der Waals surface area contributed by atoms with Gasteiger partial charge in [-0.15, -0.1) is 11.3 Å². The van der Waals surface area contributed by atoms with Crippen LogP contribution in [0.2, 0.25) is 4.34 Å². The average Bonchev–Trinajstić information content (AvgIpc) is 2.76. The van der Waals surface area contributed by atoms with E-state index in [4.69, 9.17) is 11.6 Å². The minimum Gasteiger partial charge on any atom is -0.378 e. The Morgan fingerprint density at radius 1 is 1.11 bits per heavy atom. The van der Waals surface area contributed by atoms with E-state index >= 15 is 0 Å². The summed E-state index contributed by atoms with van der Waals surface area (Å²) in [6.07, 6.45) is 0. The molecular formula is C15H18ClNS. The van der Waals surface area contributed by atoms with Crippen molar-refractivity contribution in [1.29, 1.82) is 0 Å². The minimum atomic E-state index is 0.282. The lowest BCUT2D eigenvalue weighted by atomic mass is 10.0. The summed E-state index contributed by atoms with van der Waals surface area (Å²) < 4.78 is 0.842. The summed E-state index contributed by atoms with van der Waals surface area (Å²) in [4.78, 5) is 1.26. The van der Waals surface area contributed by atoms with Crippen molar-refractivity contribution >= 4 is 28.6 Å². The summed E-state index contributed by atoms with van der Waals surface area (Å²) in [6, 6.07) is 12.9. The number of benzene rings is 1. The van der Waals surface area contributed by atoms with Crippen molar-refractivity contribution in [3.8, 4) is 0 Å². The highest BCUT2D eigenvalue weighted by Crippen LogP contribution is 2.29. The molecule has 0 saturated carbocycles. The maximum absolute atomic E-state index is 5.96. The topological polar surface area (TPSA) is 12.0 Å². The van der Waals surface area contributed by atoms with E-state index in [1.54, 1.807) is 11.3 Å². The van der Waals surface area contributed by atoms with Crippen molar-refractivity contribution in [2.75, 3.05) is 5.32 Å². The van der Waals surface area contributed by atoms with Crippen LogP contribution in [0.15, 0.2) is 36.4 Å². The van der Waals surface area contributed by atoms with Gasteiger partial charge < -0.3 is 5.32 Å². The van der Waals surface area contributed by atoms with Gasteiger partial charge in [0.05, 0.1) is 10.4 Å². The molecule has 0 fully saturated rings. The molecule has 2 aromatic rings. The number of thiophene rings is 1. The molecule has 1 atom stereocenters. The van der Waals surface area contributed by atoms with Crippen LogP contribution < -0.4 is 5.32 Å². The van der Waals surface area contributed by atoms with Crippen molar-refractivity contribution in [2.24, 2.45) is 0 Å². The van der Waals surface area contributed by atoms with E-state index in [-0.39, 0.29) is 6.04 Å². The Morgan fingerprint density at radius 3 is 2.50 bits per heavy atom. The van der Waals surface area contributed by atoms with Gasteiger partial charge in [0.25, 0.3) is 0 Å². The first-order valence-electron chi connectivity index (χ1n) is 6.18. The summed E-state index contributed by atoms with van der Waals surface area (Å²) in [5.41, 5.74) is 2.52. The Balaban J connectivity index is 2.11. The van der Waals surface area contributed by atoms with Crippen molar-refractivity contribution in [2.45, 2.75) is 32.7 Å².